The molecule has 0 fully saturated rings. The summed E-state index contributed by atoms with van der Waals surface area (Å²) in [5, 5.41) is 10.4. The van der Waals surface area contributed by atoms with E-state index in [4.69, 9.17) is 25.1 Å². The van der Waals surface area contributed by atoms with Gasteiger partial charge in [-0.25, -0.2) is 24.2 Å². The van der Waals surface area contributed by atoms with Crippen molar-refractivity contribution in [1.82, 2.24) is 5.06 Å². The van der Waals surface area contributed by atoms with Crippen LogP contribution in [0.25, 0.3) is 0 Å². The van der Waals surface area contributed by atoms with Crippen molar-refractivity contribution in [3.05, 3.63) is 35.4 Å². The van der Waals surface area contributed by atoms with Crippen LogP contribution >= 0.6 is 0 Å². The first-order valence-electron chi connectivity index (χ1n) is 15.9. The number of rotatable bonds is 15. The molecule has 45 heavy (non-hydrogen) atoms. The highest BCUT2D eigenvalue weighted by molar-refractivity contribution is 5.86. The number of esters is 1. The van der Waals surface area contributed by atoms with Crippen LogP contribution in [0, 0.1) is 0 Å². The van der Waals surface area contributed by atoms with Crippen molar-refractivity contribution in [3.63, 3.8) is 0 Å². The van der Waals surface area contributed by atoms with E-state index >= 15 is 0 Å². The third kappa shape index (κ3) is 11.4. The van der Waals surface area contributed by atoms with Crippen LogP contribution < -0.4 is 5.73 Å². The highest BCUT2D eigenvalue weighted by Gasteiger charge is 2.54. The van der Waals surface area contributed by atoms with Crippen molar-refractivity contribution in [2.75, 3.05) is 6.54 Å². The SMILES string of the molecule is CCCCCC(=O)OOC(=O)C1(CCCC)c2ccccc2CC(N)C(=O)ON(CC(=O)OC(C)(C)C)C1CCCCC(=O)O. The van der Waals surface area contributed by atoms with E-state index in [9.17, 15) is 29.1 Å². The number of benzene rings is 1. The highest BCUT2D eigenvalue weighted by atomic mass is 17.2. The fourth-order valence-corrected chi connectivity index (χ4v) is 5.60. The molecule has 3 N–H and O–H groups in total. The summed E-state index contributed by atoms with van der Waals surface area (Å²) < 4.78 is 5.55. The Kier molecular flexibility index (Phi) is 14.9. The Morgan fingerprint density at radius 1 is 0.978 bits per heavy atom. The molecule has 3 unspecified atom stereocenters. The predicted molar refractivity (Wildman–Crippen MR) is 164 cm³/mol. The van der Waals surface area contributed by atoms with Crippen molar-refractivity contribution < 1.29 is 48.4 Å². The first-order chi connectivity index (χ1) is 21.2. The molecule has 0 saturated carbocycles. The van der Waals surface area contributed by atoms with E-state index in [0.717, 1.165) is 17.9 Å². The van der Waals surface area contributed by atoms with Gasteiger partial charge in [-0.05, 0) is 64.0 Å². The molecule has 0 aromatic heterocycles. The lowest BCUT2D eigenvalue weighted by Crippen LogP contribution is -2.58. The van der Waals surface area contributed by atoms with Crippen LogP contribution in [0.1, 0.15) is 116 Å². The molecular formula is C33H50N2O10. The summed E-state index contributed by atoms with van der Waals surface area (Å²) in [4.78, 5) is 81.0. The number of nitrogens with zero attached hydrogens (tertiary/aromatic N) is 1. The van der Waals surface area contributed by atoms with Crippen LogP contribution in [0.5, 0.6) is 0 Å². The first kappa shape index (κ1) is 37.7. The highest BCUT2D eigenvalue weighted by Crippen LogP contribution is 2.43. The van der Waals surface area contributed by atoms with Crippen LogP contribution in [0.15, 0.2) is 24.3 Å². The van der Waals surface area contributed by atoms with Crippen LogP contribution in [0.3, 0.4) is 0 Å². The number of hydrogen-bond acceptors (Lipinski definition) is 11. The molecule has 0 saturated heterocycles. The van der Waals surface area contributed by atoms with E-state index < -0.39 is 59.5 Å². The molecule has 0 radical (unpaired) electrons. The molecule has 3 atom stereocenters. The molecule has 252 valence electrons. The molecule has 12 nitrogen and oxygen atoms in total. The number of hydrogen-bond donors (Lipinski definition) is 2. The Labute approximate surface area is 265 Å². The maximum absolute atomic E-state index is 14.5. The van der Waals surface area contributed by atoms with Gasteiger partial charge in [0.25, 0.3) is 0 Å². The molecule has 0 spiro atoms. The molecule has 0 aliphatic carbocycles. The van der Waals surface area contributed by atoms with Crippen LogP contribution in [-0.4, -0.2) is 64.2 Å². The van der Waals surface area contributed by atoms with Crippen LogP contribution in [-0.2, 0) is 55.2 Å². The summed E-state index contributed by atoms with van der Waals surface area (Å²) in [7, 11) is 0. The lowest BCUT2D eigenvalue weighted by molar-refractivity contribution is -0.269. The minimum Gasteiger partial charge on any atom is -0.481 e. The number of carbonyl (C=O) groups excluding carboxylic acids is 4. The van der Waals surface area contributed by atoms with Gasteiger partial charge in [-0.1, -0.05) is 70.2 Å². The van der Waals surface area contributed by atoms with Crippen molar-refractivity contribution >= 4 is 29.8 Å². The number of nitrogens with two attached hydrogens (primary N) is 1. The Balaban J connectivity index is 2.76. The number of unbranched alkanes of at least 4 members (excludes halogenated alkanes) is 4. The average Bonchev–Trinajstić information content (AvgIpc) is 2.99. The van der Waals surface area contributed by atoms with Gasteiger partial charge < -0.3 is 20.4 Å². The minimum atomic E-state index is -1.62. The topological polar surface area (TPSA) is 172 Å². The van der Waals surface area contributed by atoms with E-state index in [1.165, 1.54) is 0 Å². The Bertz CT molecular complexity index is 1160. The van der Waals surface area contributed by atoms with Gasteiger partial charge in [0.05, 0.1) is 12.5 Å². The Morgan fingerprint density at radius 3 is 2.29 bits per heavy atom. The quantitative estimate of drug-likeness (QED) is 0.118. The number of fused-ring (bicyclic) bond motifs is 1. The average molecular weight is 635 g/mol. The van der Waals surface area contributed by atoms with Gasteiger partial charge in [0.1, 0.15) is 23.6 Å². The van der Waals surface area contributed by atoms with Crippen molar-refractivity contribution in [1.29, 1.82) is 0 Å². The summed E-state index contributed by atoms with van der Waals surface area (Å²) >= 11 is 0. The first-order valence-corrected chi connectivity index (χ1v) is 15.9. The van der Waals surface area contributed by atoms with E-state index in [2.05, 4.69) is 0 Å². The smallest absolute Gasteiger partial charge is 0.367 e. The van der Waals surface area contributed by atoms with Gasteiger partial charge in [-0.15, -0.1) is 5.06 Å². The number of carbonyl (C=O) groups is 5. The third-order valence-electron chi connectivity index (χ3n) is 7.67. The molecule has 1 aliphatic rings. The molecule has 0 bridgehead atoms. The van der Waals surface area contributed by atoms with E-state index in [0.29, 0.717) is 36.8 Å². The summed E-state index contributed by atoms with van der Waals surface area (Å²) in [5.41, 5.74) is 4.90. The van der Waals surface area contributed by atoms with Gasteiger partial charge in [-0.3, -0.25) is 9.59 Å². The van der Waals surface area contributed by atoms with E-state index in [-0.39, 0.29) is 38.5 Å². The lowest BCUT2D eigenvalue weighted by Gasteiger charge is -2.43. The van der Waals surface area contributed by atoms with Gasteiger partial charge in [-0.2, -0.15) is 0 Å². The number of carboxylic acid groups (broad SMARTS) is 1. The van der Waals surface area contributed by atoms with Crippen LogP contribution in [0.2, 0.25) is 0 Å². The van der Waals surface area contributed by atoms with Gasteiger partial charge >= 0.3 is 29.8 Å². The summed E-state index contributed by atoms with van der Waals surface area (Å²) in [5.74, 6) is -4.10. The molecule has 1 aliphatic heterocycles. The molecule has 12 heteroatoms. The number of ether oxygens (including phenoxy) is 1. The van der Waals surface area contributed by atoms with Gasteiger partial charge in [0, 0.05) is 6.42 Å². The van der Waals surface area contributed by atoms with E-state index in [1.807, 2.05) is 13.8 Å². The molecular weight excluding hydrogens is 584 g/mol. The van der Waals surface area contributed by atoms with Crippen molar-refractivity contribution in [3.8, 4) is 0 Å². The summed E-state index contributed by atoms with van der Waals surface area (Å²) in [6.45, 7) is 8.49. The monoisotopic (exact) mass is 634 g/mol. The summed E-state index contributed by atoms with van der Waals surface area (Å²) in [6, 6.07) is 4.83. The number of hydroxylamine groups is 2. The molecule has 1 aromatic carbocycles. The minimum absolute atomic E-state index is 0.0268. The third-order valence-corrected chi connectivity index (χ3v) is 7.67. The molecule has 2 rings (SSSR count). The normalized spacial score (nSPS) is 20.5. The Hall–Kier alpha value is -3.51. The second-order valence-corrected chi connectivity index (χ2v) is 12.6. The van der Waals surface area contributed by atoms with Crippen molar-refractivity contribution in [2.24, 2.45) is 5.73 Å². The number of aliphatic carboxylic acids is 1. The maximum atomic E-state index is 14.5. The fraction of sp³-hybridized carbons (Fsp3) is 0.667. The maximum Gasteiger partial charge on any atom is 0.367 e. The van der Waals surface area contributed by atoms with Gasteiger partial charge in [0.15, 0.2) is 0 Å². The predicted octanol–water partition coefficient (Wildman–Crippen LogP) is 4.70. The second-order valence-electron chi connectivity index (χ2n) is 12.6. The summed E-state index contributed by atoms with van der Waals surface area (Å²) in [6.07, 6.45) is 4.27. The molecule has 1 heterocycles. The lowest BCUT2D eigenvalue weighted by atomic mass is 9.67. The van der Waals surface area contributed by atoms with E-state index in [1.54, 1.807) is 45.0 Å². The zero-order valence-corrected chi connectivity index (χ0v) is 27.3. The standard InChI is InChI=1S/C33H50N2O10/c1-6-8-10-19-28(38)44-45-31(41)33(20-9-7-2)24-16-12-11-15-23(24)21-25(34)30(40)43-35(22-29(39)42-32(3,4)5)26(33)17-13-14-18-27(36)37/h11-12,15-16,25-26H,6-10,13-14,17-22,34H2,1-5H3,(H,36,37). The number of carboxylic acids is 1. The molecule has 0 amide bonds. The zero-order valence-electron chi connectivity index (χ0n) is 27.3. The Morgan fingerprint density at radius 2 is 1.64 bits per heavy atom. The van der Waals surface area contributed by atoms with Gasteiger partial charge in [0.2, 0.25) is 0 Å². The zero-order chi connectivity index (χ0) is 33.6. The van der Waals surface area contributed by atoms with Crippen molar-refractivity contribution in [2.45, 2.75) is 135 Å². The largest absolute Gasteiger partial charge is 0.481 e. The van der Waals surface area contributed by atoms with Crippen LogP contribution in [0.4, 0.5) is 0 Å². The molecule has 1 aromatic rings. The fourth-order valence-electron chi connectivity index (χ4n) is 5.60. The second kappa shape index (κ2) is 17.8.